The van der Waals surface area contributed by atoms with Crippen LogP contribution >= 0.6 is 11.3 Å². The van der Waals surface area contributed by atoms with Crippen molar-refractivity contribution >= 4 is 17.2 Å². The Morgan fingerprint density at radius 3 is 2.86 bits per heavy atom. The first-order valence-electron chi connectivity index (χ1n) is 7.48. The average molecular weight is 311 g/mol. The predicted molar refractivity (Wildman–Crippen MR) is 84.6 cm³/mol. The fourth-order valence-corrected chi connectivity index (χ4v) is 3.32. The molecule has 0 saturated carbocycles. The van der Waals surface area contributed by atoms with Crippen LogP contribution in [-0.4, -0.2) is 50.8 Å². The predicted octanol–water partition coefficient (Wildman–Crippen LogP) is 2.58. The largest absolute Gasteiger partial charge is 0.383 e. The minimum atomic E-state index is 0.163. The summed E-state index contributed by atoms with van der Waals surface area (Å²) in [6, 6.07) is 2.02. The van der Waals surface area contributed by atoms with Crippen LogP contribution in [-0.2, 0) is 20.7 Å². The third kappa shape index (κ3) is 5.09. The van der Waals surface area contributed by atoms with E-state index in [1.165, 1.54) is 0 Å². The van der Waals surface area contributed by atoms with Gasteiger partial charge in [-0.25, -0.2) is 0 Å². The fraction of sp³-hybridized carbons (Fsp3) is 0.688. The summed E-state index contributed by atoms with van der Waals surface area (Å²) in [4.78, 5) is 14.5. The summed E-state index contributed by atoms with van der Waals surface area (Å²) in [5.41, 5.74) is 1.26. The van der Waals surface area contributed by atoms with E-state index in [0.29, 0.717) is 19.6 Å². The molecule has 0 bridgehead atoms. The molecule has 1 aromatic rings. The van der Waals surface area contributed by atoms with Gasteiger partial charge < -0.3 is 14.4 Å². The Labute approximate surface area is 131 Å². The molecule has 0 spiro atoms. The van der Waals surface area contributed by atoms with Gasteiger partial charge in [-0.3, -0.25) is 4.79 Å². The zero-order chi connectivity index (χ0) is 15.1. The van der Waals surface area contributed by atoms with Crippen LogP contribution in [0.25, 0.3) is 0 Å². The molecule has 0 N–H and O–H groups in total. The Kier molecular flexibility index (Phi) is 6.21. The molecule has 0 radical (unpaired) electrons. The van der Waals surface area contributed by atoms with E-state index in [1.807, 2.05) is 21.7 Å². The first-order valence-corrected chi connectivity index (χ1v) is 8.43. The lowest BCUT2D eigenvalue weighted by Crippen LogP contribution is -2.44. The average Bonchev–Trinajstić information content (AvgIpc) is 2.97. The molecule has 4 nitrogen and oxygen atoms in total. The summed E-state index contributed by atoms with van der Waals surface area (Å²) in [6.07, 6.45) is 2.52. The molecule has 0 atom stereocenters. The number of rotatable bonds is 7. The molecule has 1 saturated heterocycles. The van der Waals surface area contributed by atoms with E-state index in [9.17, 15) is 4.79 Å². The maximum absolute atomic E-state index is 12.6. The van der Waals surface area contributed by atoms with E-state index < -0.39 is 0 Å². The van der Waals surface area contributed by atoms with Gasteiger partial charge in [-0.15, -0.1) is 0 Å². The molecule has 118 valence electrons. The van der Waals surface area contributed by atoms with Crippen molar-refractivity contribution in [1.29, 1.82) is 0 Å². The quantitative estimate of drug-likeness (QED) is 0.777. The highest BCUT2D eigenvalue weighted by molar-refractivity contribution is 7.07. The number of hydrogen-bond acceptors (Lipinski definition) is 4. The van der Waals surface area contributed by atoms with Gasteiger partial charge >= 0.3 is 0 Å². The molecule has 0 unspecified atom stereocenters. The van der Waals surface area contributed by atoms with Gasteiger partial charge in [-0.1, -0.05) is 6.92 Å². The zero-order valence-electron chi connectivity index (χ0n) is 13.0. The fourth-order valence-electron chi connectivity index (χ4n) is 2.66. The molecule has 5 heteroatoms. The van der Waals surface area contributed by atoms with Gasteiger partial charge in [-0.2, -0.15) is 11.3 Å². The lowest BCUT2D eigenvalue weighted by atomic mass is 9.82. The van der Waals surface area contributed by atoms with E-state index in [2.05, 4.69) is 6.92 Å². The molecule has 1 aromatic heterocycles. The molecule has 1 aliphatic heterocycles. The molecular weight excluding hydrogens is 286 g/mol. The first kappa shape index (κ1) is 16.5. The third-order valence-electron chi connectivity index (χ3n) is 4.13. The van der Waals surface area contributed by atoms with Gasteiger partial charge in [0.15, 0.2) is 0 Å². The Balaban J connectivity index is 1.97. The summed E-state index contributed by atoms with van der Waals surface area (Å²) in [5.74, 6) is 0.193. The summed E-state index contributed by atoms with van der Waals surface area (Å²) in [5, 5.41) is 4.06. The molecular formula is C16H25NO3S. The normalized spacial score (nSPS) is 17.6. The first-order chi connectivity index (χ1) is 10.1. The monoisotopic (exact) mass is 311 g/mol. The molecule has 1 aliphatic rings. The second-order valence-corrected chi connectivity index (χ2v) is 6.82. The molecule has 21 heavy (non-hydrogen) atoms. The van der Waals surface area contributed by atoms with Crippen molar-refractivity contribution in [2.75, 3.05) is 40.0 Å². The standard InChI is InChI=1S/C16H25NO3S/c1-16(4-7-20-8-5-16)13-17(6-9-19-2)15(18)11-14-3-10-21-12-14/h3,10,12H,4-9,11,13H2,1-2H3. The third-order valence-corrected chi connectivity index (χ3v) is 4.86. The molecule has 1 amide bonds. The highest BCUT2D eigenvalue weighted by Crippen LogP contribution is 2.30. The summed E-state index contributed by atoms with van der Waals surface area (Å²) >= 11 is 1.63. The molecule has 2 rings (SSSR count). The van der Waals surface area contributed by atoms with Gasteiger partial charge in [0.1, 0.15) is 0 Å². The summed E-state index contributed by atoms with van der Waals surface area (Å²) in [7, 11) is 1.68. The summed E-state index contributed by atoms with van der Waals surface area (Å²) < 4.78 is 10.6. The van der Waals surface area contributed by atoms with Gasteiger partial charge in [-0.05, 0) is 40.6 Å². The van der Waals surface area contributed by atoms with E-state index in [1.54, 1.807) is 18.4 Å². The minimum absolute atomic E-state index is 0.163. The van der Waals surface area contributed by atoms with Crippen molar-refractivity contribution in [3.05, 3.63) is 22.4 Å². The zero-order valence-corrected chi connectivity index (χ0v) is 13.8. The number of amides is 1. The maximum Gasteiger partial charge on any atom is 0.227 e. The Bertz CT molecular complexity index is 427. The van der Waals surface area contributed by atoms with E-state index in [0.717, 1.165) is 38.2 Å². The second kappa shape index (κ2) is 7.92. The van der Waals surface area contributed by atoms with Crippen LogP contribution in [0.4, 0.5) is 0 Å². The number of methoxy groups -OCH3 is 1. The van der Waals surface area contributed by atoms with Crippen molar-refractivity contribution in [2.24, 2.45) is 5.41 Å². The van der Waals surface area contributed by atoms with Crippen molar-refractivity contribution < 1.29 is 14.3 Å². The van der Waals surface area contributed by atoms with Crippen molar-refractivity contribution in [2.45, 2.75) is 26.2 Å². The maximum atomic E-state index is 12.6. The van der Waals surface area contributed by atoms with Crippen LogP contribution in [0.2, 0.25) is 0 Å². The number of carbonyl (C=O) groups excluding carboxylic acids is 1. The highest BCUT2D eigenvalue weighted by Gasteiger charge is 2.31. The van der Waals surface area contributed by atoms with Crippen LogP contribution in [0.15, 0.2) is 16.8 Å². The molecule has 0 aromatic carbocycles. The molecule has 1 fully saturated rings. The van der Waals surface area contributed by atoms with Crippen LogP contribution in [0, 0.1) is 5.41 Å². The topological polar surface area (TPSA) is 38.8 Å². The van der Waals surface area contributed by atoms with E-state index in [-0.39, 0.29) is 11.3 Å². The Morgan fingerprint density at radius 1 is 1.48 bits per heavy atom. The number of ether oxygens (including phenoxy) is 2. The lowest BCUT2D eigenvalue weighted by Gasteiger charge is -2.38. The second-order valence-electron chi connectivity index (χ2n) is 6.04. The van der Waals surface area contributed by atoms with Crippen LogP contribution < -0.4 is 0 Å². The van der Waals surface area contributed by atoms with Crippen molar-refractivity contribution in [3.8, 4) is 0 Å². The molecule has 0 aliphatic carbocycles. The smallest absolute Gasteiger partial charge is 0.227 e. The Hall–Kier alpha value is -0.910. The van der Waals surface area contributed by atoms with Crippen molar-refractivity contribution in [1.82, 2.24) is 4.90 Å². The van der Waals surface area contributed by atoms with Gasteiger partial charge in [0.2, 0.25) is 5.91 Å². The van der Waals surface area contributed by atoms with E-state index in [4.69, 9.17) is 9.47 Å². The van der Waals surface area contributed by atoms with Gasteiger partial charge in [0.25, 0.3) is 0 Å². The van der Waals surface area contributed by atoms with Crippen molar-refractivity contribution in [3.63, 3.8) is 0 Å². The van der Waals surface area contributed by atoms with E-state index >= 15 is 0 Å². The summed E-state index contributed by atoms with van der Waals surface area (Å²) in [6.45, 7) is 5.90. The number of carbonyl (C=O) groups is 1. The number of nitrogens with zero attached hydrogens (tertiary/aromatic N) is 1. The minimum Gasteiger partial charge on any atom is -0.383 e. The van der Waals surface area contributed by atoms with Gasteiger partial charge in [0.05, 0.1) is 13.0 Å². The van der Waals surface area contributed by atoms with Gasteiger partial charge in [0, 0.05) is 33.4 Å². The van der Waals surface area contributed by atoms with Crippen LogP contribution in [0.1, 0.15) is 25.3 Å². The van der Waals surface area contributed by atoms with Crippen LogP contribution in [0.5, 0.6) is 0 Å². The highest BCUT2D eigenvalue weighted by atomic mass is 32.1. The Morgan fingerprint density at radius 2 is 2.24 bits per heavy atom. The SMILES string of the molecule is COCCN(CC1(C)CCOCC1)C(=O)Cc1ccsc1. The molecule has 2 heterocycles. The lowest BCUT2D eigenvalue weighted by molar-refractivity contribution is -0.133. The number of hydrogen-bond donors (Lipinski definition) is 0. The number of thiophene rings is 1. The van der Waals surface area contributed by atoms with Crippen LogP contribution in [0.3, 0.4) is 0 Å².